The summed E-state index contributed by atoms with van der Waals surface area (Å²) in [6.07, 6.45) is 2.26. The summed E-state index contributed by atoms with van der Waals surface area (Å²) in [7, 11) is 4.11. The molecule has 0 aliphatic rings. The molecule has 0 aliphatic heterocycles. The number of carbonyl (C=O) groups is 1. The summed E-state index contributed by atoms with van der Waals surface area (Å²) in [6, 6.07) is 0.384. The molecule has 96 valence electrons. The van der Waals surface area contributed by atoms with Crippen LogP contribution in [0, 0.1) is 5.92 Å². The maximum absolute atomic E-state index is 11.4. The van der Waals surface area contributed by atoms with E-state index in [1.165, 1.54) is 0 Å². The zero-order valence-electron chi connectivity index (χ0n) is 11.1. The molecule has 0 aromatic carbocycles. The molecule has 1 N–H and O–H groups in total. The van der Waals surface area contributed by atoms with Crippen LogP contribution in [0.3, 0.4) is 0 Å². The Balaban J connectivity index is 4.29. The number of hydrogen-bond donors (Lipinski definition) is 1. The number of carbonyl (C=O) groups excluding carboxylic acids is 1. The van der Waals surface area contributed by atoms with Gasteiger partial charge in [-0.1, -0.05) is 26.7 Å². The highest BCUT2D eigenvalue weighted by molar-refractivity contribution is 6.30. The second kappa shape index (κ2) is 7.91. The minimum atomic E-state index is -0.454. The Bertz CT molecular complexity index is 203. The van der Waals surface area contributed by atoms with Crippen LogP contribution < -0.4 is 5.32 Å². The summed E-state index contributed by atoms with van der Waals surface area (Å²) in [5, 5.41) is 2.45. The van der Waals surface area contributed by atoms with E-state index in [4.69, 9.17) is 11.6 Å². The van der Waals surface area contributed by atoms with E-state index in [0.29, 0.717) is 18.5 Å². The van der Waals surface area contributed by atoms with Gasteiger partial charge in [0.2, 0.25) is 5.91 Å². The van der Waals surface area contributed by atoms with E-state index >= 15 is 0 Å². The van der Waals surface area contributed by atoms with E-state index in [9.17, 15) is 4.79 Å². The van der Waals surface area contributed by atoms with Crippen LogP contribution in [-0.4, -0.2) is 42.9 Å². The van der Waals surface area contributed by atoms with Gasteiger partial charge in [0.1, 0.15) is 5.38 Å². The zero-order chi connectivity index (χ0) is 12.7. The van der Waals surface area contributed by atoms with Gasteiger partial charge in [0, 0.05) is 12.6 Å². The molecule has 0 bridgehead atoms. The largest absolute Gasteiger partial charge is 0.353 e. The number of likely N-dealkylation sites (N-methyl/N-ethyl adjacent to an activating group) is 1. The van der Waals surface area contributed by atoms with Crippen molar-refractivity contribution in [3.05, 3.63) is 0 Å². The lowest BCUT2D eigenvalue weighted by molar-refractivity contribution is -0.120. The Kier molecular flexibility index (Phi) is 7.77. The van der Waals surface area contributed by atoms with Crippen molar-refractivity contribution in [1.29, 1.82) is 0 Å². The van der Waals surface area contributed by atoms with Gasteiger partial charge in [-0.05, 0) is 26.9 Å². The minimum Gasteiger partial charge on any atom is -0.353 e. The predicted octanol–water partition coefficient (Wildman–Crippen LogP) is 2.10. The second-order valence-electron chi connectivity index (χ2n) is 4.47. The van der Waals surface area contributed by atoms with E-state index in [1.807, 2.05) is 0 Å². The molecule has 0 fully saturated rings. The van der Waals surface area contributed by atoms with E-state index in [2.05, 4.69) is 38.2 Å². The fraction of sp³-hybridized carbons (Fsp3) is 0.917. The lowest BCUT2D eigenvalue weighted by atomic mass is 9.93. The van der Waals surface area contributed by atoms with Gasteiger partial charge in [0.05, 0.1) is 0 Å². The maximum Gasteiger partial charge on any atom is 0.237 e. The molecule has 0 saturated carbocycles. The van der Waals surface area contributed by atoms with Crippen LogP contribution in [0.1, 0.15) is 33.6 Å². The first kappa shape index (κ1) is 15.7. The first-order valence-corrected chi connectivity index (χ1v) is 6.45. The highest BCUT2D eigenvalue weighted by Crippen LogP contribution is 2.16. The second-order valence-corrected chi connectivity index (χ2v) is 5.12. The monoisotopic (exact) mass is 248 g/mol. The third kappa shape index (κ3) is 5.17. The average Bonchev–Trinajstić information content (AvgIpc) is 2.22. The van der Waals surface area contributed by atoms with E-state index in [-0.39, 0.29) is 5.91 Å². The van der Waals surface area contributed by atoms with Crippen molar-refractivity contribution < 1.29 is 4.79 Å². The Morgan fingerprint density at radius 1 is 1.31 bits per heavy atom. The maximum atomic E-state index is 11.4. The molecule has 0 rings (SSSR count). The molecule has 0 aromatic heterocycles. The van der Waals surface area contributed by atoms with Crippen LogP contribution in [0.15, 0.2) is 0 Å². The topological polar surface area (TPSA) is 32.3 Å². The Labute approximate surface area is 105 Å². The Morgan fingerprint density at radius 3 is 2.12 bits per heavy atom. The summed E-state index contributed by atoms with van der Waals surface area (Å²) < 4.78 is 0. The number of nitrogens with one attached hydrogen (secondary N) is 1. The molecule has 4 heteroatoms. The highest BCUT2D eigenvalue weighted by Gasteiger charge is 2.21. The van der Waals surface area contributed by atoms with Crippen LogP contribution in [0.5, 0.6) is 0 Å². The van der Waals surface area contributed by atoms with Crippen molar-refractivity contribution in [3.8, 4) is 0 Å². The highest BCUT2D eigenvalue weighted by atomic mass is 35.5. The van der Waals surface area contributed by atoms with Crippen molar-refractivity contribution >= 4 is 17.5 Å². The van der Waals surface area contributed by atoms with E-state index in [1.54, 1.807) is 6.92 Å². The Morgan fingerprint density at radius 2 is 1.81 bits per heavy atom. The first-order chi connectivity index (χ1) is 7.43. The number of nitrogens with zero attached hydrogens (tertiary/aromatic N) is 1. The van der Waals surface area contributed by atoms with Gasteiger partial charge in [-0.25, -0.2) is 0 Å². The molecular weight excluding hydrogens is 224 g/mol. The van der Waals surface area contributed by atoms with E-state index in [0.717, 1.165) is 12.8 Å². The fourth-order valence-electron chi connectivity index (χ4n) is 1.95. The summed E-state index contributed by atoms with van der Waals surface area (Å²) in [6.45, 7) is 6.75. The van der Waals surface area contributed by atoms with Gasteiger partial charge in [0.15, 0.2) is 0 Å². The summed E-state index contributed by atoms with van der Waals surface area (Å²) in [4.78, 5) is 13.6. The van der Waals surface area contributed by atoms with Gasteiger partial charge in [-0.2, -0.15) is 0 Å². The van der Waals surface area contributed by atoms with Crippen LogP contribution >= 0.6 is 11.6 Å². The lowest BCUT2D eigenvalue weighted by Crippen LogP contribution is -2.45. The molecule has 0 aliphatic carbocycles. The van der Waals surface area contributed by atoms with Crippen molar-refractivity contribution in [1.82, 2.24) is 10.2 Å². The lowest BCUT2D eigenvalue weighted by Gasteiger charge is -2.31. The smallest absolute Gasteiger partial charge is 0.237 e. The number of alkyl halides is 1. The molecule has 0 saturated heterocycles. The molecule has 2 atom stereocenters. The summed E-state index contributed by atoms with van der Waals surface area (Å²) in [5.74, 6) is 0.528. The molecule has 0 heterocycles. The molecule has 16 heavy (non-hydrogen) atoms. The third-order valence-corrected chi connectivity index (χ3v) is 3.30. The van der Waals surface area contributed by atoms with Crippen LogP contribution in [0.25, 0.3) is 0 Å². The number of amides is 1. The fourth-order valence-corrected chi connectivity index (χ4v) is 2.03. The molecule has 2 unspecified atom stereocenters. The van der Waals surface area contributed by atoms with Crippen molar-refractivity contribution in [2.75, 3.05) is 20.6 Å². The predicted molar refractivity (Wildman–Crippen MR) is 69.9 cm³/mol. The zero-order valence-corrected chi connectivity index (χ0v) is 11.8. The quantitative estimate of drug-likeness (QED) is 0.700. The third-order valence-electron chi connectivity index (χ3n) is 3.10. The van der Waals surface area contributed by atoms with Gasteiger partial charge < -0.3 is 10.2 Å². The standard InChI is InChI=1S/C12H25ClN2O/c1-6-10(7-2)11(15(4)5)8-14-12(16)9(3)13/h9-11H,6-8H2,1-5H3,(H,14,16). The van der Waals surface area contributed by atoms with Crippen molar-refractivity contribution in [2.24, 2.45) is 5.92 Å². The minimum absolute atomic E-state index is 0.0838. The van der Waals surface area contributed by atoms with E-state index < -0.39 is 5.38 Å². The molecular formula is C12H25ClN2O. The van der Waals surface area contributed by atoms with Gasteiger partial charge in [-0.3, -0.25) is 4.79 Å². The summed E-state index contributed by atoms with van der Waals surface area (Å²) in [5.41, 5.74) is 0. The Hall–Kier alpha value is -0.280. The van der Waals surface area contributed by atoms with Crippen LogP contribution in [-0.2, 0) is 4.79 Å². The van der Waals surface area contributed by atoms with Gasteiger partial charge >= 0.3 is 0 Å². The molecule has 0 aromatic rings. The van der Waals surface area contributed by atoms with Gasteiger partial charge in [0.25, 0.3) is 0 Å². The normalized spacial score (nSPS) is 15.2. The molecule has 0 radical (unpaired) electrons. The SMILES string of the molecule is CCC(CC)C(CNC(=O)C(C)Cl)N(C)C. The average molecular weight is 249 g/mol. The van der Waals surface area contributed by atoms with Gasteiger partial charge in [-0.15, -0.1) is 11.6 Å². The molecule has 0 spiro atoms. The number of rotatable bonds is 7. The number of hydrogen-bond acceptors (Lipinski definition) is 2. The van der Waals surface area contributed by atoms with Crippen molar-refractivity contribution in [2.45, 2.75) is 45.0 Å². The van der Waals surface area contributed by atoms with Crippen molar-refractivity contribution in [3.63, 3.8) is 0 Å². The van der Waals surface area contributed by atoms with Crippen LogP contribution in [0.2, 0.25) is 0 Å². The van der Waals surface area contributed by atoms with Crippen LogP contribution in [0.4, 0.5) is 0 Å². The molecule has 1 amide bonds. The summed E-state index contributed by atoms with van der Waals surface area (Å²) >= 11 is 5.71. The first-order valence-electron chi connectivity index (χ1n) is 6.02. The number of halogens is 1. The molecule has 3 nitrogen and oxygen atoms in total.